The number of nitrogens with zero attached hydrogens (tertiary/aromatic N) is 1. The maximum Gasteiger partial charge on any atom is 0.338 e. The van der Waals surface area contributed by atoms with Gasteiger partial charge in [-0.3, -0.25) is 9.69 Å². The predicted molar refractivity (Wildman–Crippen MR) is 89.8 cm³/mol. The van der Waals surface area contributed by atoms with Crippen LogP contribution in [0, 0.1) is 0 Å². The zero-order valence-electron chi connectivity index (χ0n) is 14.1. The topological polar surface area (TPSA) is 122 Å². The second-order valence-electron chi connectivity index (χ2n) is 6.19. The number of esters is 1. The van der Waals surface area contributed by atoms with E-state index in [1.165, 1.54) is 31.2 Å². The minimum atomic E-state index is -3.60. The lowest BCUT2D eigenvalue weighted by Crippen LogP contribution is -2.41. The number of benzene rings is 1. The van der Waals surface area contributed by atoms with Gasteiger partial charge in [-0.1, -0.05) is 0 Å². The molecule has 2 aliphatic rings. The summed E-state index contributed by atoms with van der Waals surface area (Å²) in [6.45, 7) is 1.96. The summed E-state index contributed by atoms with van der Waals surface area (Å²) < 4.78 is 31.8. The molecule has 1 heterocycles. The zero-order valence-corrected chi connectivity index (χ0v) is 14.9. The highest BCUT2D eigenvalue weighted by molar-refractivity contribution is 7.89. The minimum absolute atomic E-state index is 0.0145. The summed E-state index contributed by atoms with van der Waals surface area (Å²) >= 11 is 0. The molecule has 0 aromatic heterocycles. The Hall–Kier alpha value is -2.46. The highest BCUT2D eigenvalue weighted by atomic mass is 32.2. The van der Waals surface area contributed by atoms with Gasteiger partial charge >= 0.3 is 12.0 Å². The molecule has 3 amide bonds. The standard InChI is InChI=1S/C16H19N3O6S/c1-10(14(20)19-9-8-17-16(19)22)25-15(21)11-2-6-13(7-3-11)26(23,24)18-12-4-5-12/h2-3,6-7,10,12,18H,4-5,8-9H2,1H3,(H,17,22)/t10-/m1/s1. The summed E-state index contributed by atoms with van der Waals surface area (Å²) in [7, 11) is -3.60. The van der Waals surface area contributed by atoms with Gasteiger partial charge in [0.05, 0.1) is 10.5 Å². The average molecular weight is 381 g/mol. The largest absolute Gasteiger partial charge is 0.449 e. The number of urea groups is 1. The van der Waals surface area contributed by atoms with Gasteiger partial charge in [-0.15, -0.1) is 0 Å². The molecule has 26 heavy (non-hydrogen) atoms. The monoisotopic (exact) mass is 381 g/mol. The molecule has 1 saturated heterocycles. The highest BCUT2D eigenvalue weighted by Gasteiger charge is 2.32. The first-order valence-electron chi connectivity index (χ1n) is 8.20. The number of carbonyl (C=O) groups is 3. The molecule has 3 rings (SSSR count). The van der Waals surface area contributed by atoms with Crippen molar-refractivity contribution in [2.24, 2.45) is 0 Å². The molecule has 1 aliphatic heterocycles. The maximum atomic E-state index is 12.1. The number of nitrogens with one attached hydrogen (secondary N) is 2. The first-order chi connectivity index (χ1) is 12.3. The van der Waals surface area contributed by atoms with Crippen LogP contribution in [0.25, 0.3) is 0 Å². The normalized spacial score (nSPS) is 18.3. The maximum absolute atomic E-state index is 12.1. The van der Waals surface area contributed by atoms with Gasteiger partial charge in [0.25, 0.3) is 5.91 Å². The summed E-state index contributed by atoms with van der Waals surface area (Å²) in [5, 5.41) is 2.49. The number of imide groups is 1. The number of carbonyl (C=O) groups excluding carboxylic acids is 3. The van der Waals surface area contributed by atoms with Gasteiger partial charge < -0.3 is 10.1 Å². The fourth-order valence-electron chi connectivity index (χ4n) is 2.44. The third-order valence-electron chi connectivity index (χ3n) is 4.05. The predicted octanol–water partition coefficient (Wildman–Crippen LogP) is 0.224. The van der Waals surface area contributed by atoms with Crippen molar-refractivity contribution in [2.75, 3.05) is 13.1 Å². The van der Waals surface area contributed by atoms with E-state index in [1.807, 2.05) is 0 Å². The Balaban J connectivity index is 1.62. The Morgan fingerprint density at radius 2 is 1.92 bits per heavy atom. The lowest BCUT2D eigenvalue weighted by Gasteiger charge is -2.18. The molecule has 1 atom stereocenters. The zero-order chi connectivity index (χ0) is 18.9. The molecule has 1 aromatic carbocycles. The van der Waals surface area contributed by atoms with Gasteiger partial charge in [0.15, 0.2) is 6.10 Å². The molecule has 10 heteroatoms. The minimum Gasteiger partial charge on any atom is -0.449 e. The van der Waals surface area contributed by atoms with E-state index < -0.39 is 34.0 Å². The molecule has 0 radical (unpaired) electrons. The van der Waals surface area contributed by atoms with E-state index in [4.69, 9.17) is 4.74 Å². The summed E-state index contributed by atoms with van der Waals surface area (Å²) in [6, 6.07) is 4.73. The third-order valence-corrected chi connectivity index (χ3v) is 5.59. The molecule has 9 nitrogen and oxygen atoms in total. The number of hydrogen-bond donors (Lipinski definition) is 2. The van der Waals surface area contributed by atoms with E-state index in [-0.39, 0.29) is 23.0 Å². The van der Waals surface area contributed by atoms with Gasteiger partial charge in [0.2, 0.25) is 10.0 Å². The Bertz CT molecular complexity index is 832. The molecule has 1 aromatic rings. The van der Waals surface area contributed by atoms with Crippen molar-refractivity contribution in [3.8, 4) is 0 Å². The summed E-state index contributed by atoms with van der Waals surface area (Å²) in [5.74, 6) is -1.38. The Morgan fingerprint density at radius 3 is 2.46 bits per heavy atom. The van der Waals surface area contributed by atoms with Crippen molar-refractivity contribution in [1.29, 1.82) is 0 Å². The van der Waals surface area contributed by atoms with Crippen LogP contribution in [0.3, 0.4) is 0 Å². The fraction of sp³-hybridized carbons (Fsp3) is 0.438. The summed E-state index contributed by atoms with van der Waals surface area (Å²) in [4.78, 5) is 36.8. The van der Waals surface area contributed by atoms with Crippen LogP contribution in [0.2, 0.25) is 0 Å². The molecule has 2 fully saturated rings. The molecule has 0 unspecified atom stereocenters. The molecule has 1 aliphatic carbocycles. The van der Waals surface area contributed by atoms with E-state index >= 15 is 0 Å². The number of rotatable bonds is 6. The molecule has 0 spiro atoms. The van der Waals surface area contributed by atoms with Crippen LogP contribution in [-0.4, -0.2) is 56.5 Å². The van der Waals surface area contributed by atoms with Crippen molar-refractivity contribution < 1.29 is 27.5 Å². The number of hydrogen-bond acceptors (Lipinski definition) is 6. The molecule has 2 N–H and O–H groups in total. The smallest absolute Gasteiger partial charge is 0.338 e. The molecule has 0 bridgehead atoms. The van der Waals surface area contributed by atoms with Gasteiger partial charge in [0, 0.05) is 19.1 Å². The second kappa shape index (κ2) is 7.04. The van der Waals surface area contributed by atoms with Crippen LogP contribution in [0.1, 0.15) is 30.1 Å². The average Bonchev–Trinajstić information content (AvgIpc) is 3.30. The van der Waals surface area contributed by atoms with E-state index in [1.54, 1.807) is 0 Å². The third kappa shape index (κ3) is 4.02. The molecular weight excluding hydrogens is 362 g/mol. The summed E-state index contributed by atoms with van der Waals surface area (Å²) in [5.41, 5.74) is 0.112. The van der Waals surface area contributed by atoms with Crippen molar-refractivity contribution >= 4 is 27.9 Å². The van der Waals surface area contributed by atoms with Crippen LogP contribution in [-0.2, 0) is 19.6 Å². The van der Waals surface area contributed by atoms with Crippen LogP contribution in [0.4, 0.5) is 4.79 Å². The van der Waals surface area contributed by atoms with Gasteiger partial charge in [-0.05, 0) is 44.0 Å². The quantitative estimate of drug-likeness (QED) is 0.680. The van der Waals surface area contributed by atoms with Gasteiger partial charge in [-0.25, -0.2) is 22.7 Å². The number of ether oxygens (including phenoxy) is 1. The van der Waals surface area contributed by atoms with E-state index in [0.717, 1.165) is 17.7 Å². The van der Waals surface area contributed by atoms with Crippen molar-refractivity contribution in [3.05, 3.63) is 29.8 Å². The van der Waals surface area contributed by atoms with Crippen molar-refractivity contribution in [1.82, 2.24) is 14.9 Å². The van der Waals surface area contributed by atoms with Gasteiger partial charge in [-0.2, -0.15) is 0 Å². The van der Waals surface area contributed by atoms with Gasteiger partial charge in [0.1, 0.15) is 0 Å². The number of sulfonamides is 1. The molecule has 1 saturated carbocycles. The fourth-order valence-corrected chi connectivity index (χ4v) is 3.74. The second-order valence-corrected chi connectivity index (χ2v) is 7.90. The number of amides is 3. The first kappa shape index (κ1) is 18.3. The first-order valence-corrected chi connectivity index (χ1v) is 9.69. The van der Waals surface area contributed by atoms with Crippen LogP contribution in [0.5, 0.6) is 0 Å². The Morgan fingerprint density at radius 1 is 1.27 bits per heavy atom. The van der Waals surface area contributed by atoms with E-state index in [2.05, 4.69) is 10.0 Å². The van der Waals surface area contributed by atoms with E-state index in [9.17, 15) is 22.8 Å². The lowest BCUT2D eigenvalue weighted by molar-refractivity contribution is -0.136. The van der Waals surface area contributed by atoms with Crippen molar-refractivity contribution in [2.45, 2.75) is 36.8 Å². The lowest BCUT2D eigenvalue weighted by atomic mass is 10.2. The molecular formula is C16H19N3O6S. The van der Waals surface area contributed by atoms with Crippen LogP contribution < -0.4 is 10.0 Å². The van der Waals surface area contributed by atoms with Crippen LogP contribution in [0.15, 0.2) is 29.2 Å². The van der Waals surface area contributed by atoms with E-state index in [0.29, 0.717) is 6.54 Å². The Kier molecular flexibility index (Phi) is 4.97. The highest BCUT2D eigenvalue weighted by Crippen LogP contribution is 2.22. The SMILES string of the molecule is C[C@@H](OC(=O)c1ccc(S(=O)(=O)NC2CC2)cc1)C(=O)N1CCNC1=O. The van der Waals surface area contributed by atoms with Crippen molar-refractivity contribution in [3.63, 3.8) is 0 Å². The Labute approximate surface area is 150 Å². The van der Waals surface area contributed by atoms with Crippen LogP contribution >= 0.6 is 0 Å². The summed E-state index contributed by atoms with van der Waals surface area (Å²) in [6.07, 6.45) is 0.515. The molecule has 140 valence electrons.